The second-order valence-electron chi connectivity index (χ2n) is 4.11. The van der Waals surface area contributed by atoms with Crippen molar-refractivity contribution in [2.45, 2.75) is 0 Å². The summed E-state index contributed by atoms with van der Waals surface area (Å²) in [5, 5.41) is 18.3. The van der Waals surface area contributed by atoms with Gasteiger partial charge >= 0.3 is 5.97 Å². The van der Waals surface area contributed by atoms with Crippen molar-refractivity contribution in [1.82, 2.24) is 15.5 Å². The van der Waals surface area contributed by atoms with Gasteiger partial charge in [0.25, 0.3) is 0 Å². The van der Waals surface area contributed by atoms with E-state index in [1.54, 1.807) is 30.5 Å². The van der Waals surface area contributed by atoms with Crippen LogP contribution >= 0.6 is 0 Å². The van der Waals surface area contributed by atoms with Crippen LogP contribution in [0.3, 0.4) is 0 Å². The Morgan fingerprint density at radius 2 is 2.26 bits per heavy atom. The number of aromatic nitrogens is 2. The molecule has 8 nitrogen and oxygen atoms in total. The molecule has 0 amide bonds. The Hall–Kier alpha value is -3.60. The highest BCUT2D eigenvalue weighted by atomic mass is 16.5. The number of carbonyl (C=O) groups excluding carboxylic acids is 1. The second kappa shape index (κ2) is 7.99. The summed E-state index contributed by atoms with van der Waals surface area (Å²) in [6.45, 7) is 0. The molecule has 0 aliphatic heterocycles. The molecule has 2 aromatic rings. The first-order valence-corrected chi connectivity index (χ1v) is 6.48. The van der Waals surface area contributed by atoms with E-state index in [1.807, 2.05) is 6.07 Å². The number of carbonyl (C=O) groups is 1. The van der Waals surface area contributed by atoms with E-state index in [0.717, 1.165) is 0 Å². The Morgan fingerprint density at radius 3 is 2.87 bits per heavy atom. The summed E-state index contributed by atoms with van der Waals surface area (Å²) in [6.07, 6.45) is 5.68. The molecule has 8 heteroatoms. The van der Waals surface area contributed by atoms with Gasteiger partial charge in [0.05, 0.1) is 18.4 Å². The van der Waals surface area contributed by atoms with Gasteiger partial charge in [0.1, 0.15) is 18.0 Å². The minimum Gasteiger partial charge on any atom is -0.464 e. The van der Waals surface area contributed by atoms with Crippen LogP contribution in [0.2, 0.25) is 0 Å². The zero-order valence-corrected chi connectivity index (χ0v) is 12.2. The van der Waals surface area contributed by atoms with E-state index in [2.05, 4.69) is 30.0 Å². The Labute approximate surface area is 132 Å². The van der Waals surface area contributed by atoms with Crippen molar-refractivity contribution >= 4 is 17.4 Å². The number of nitrogens with one attached hydrogen (secondary N) is 2. The predicted molar refractivity (Wildman–Crippen MR) is 81.2 cm³/mol. The van der Waals surface area contributed by atoms with Crippen LogP contribution in [0.4, 0.5) is 5.82 Å². The standard InChI is InChI=1S/C15H13N5O3/c1-22-15(21)13(10-19-14-5-7-23-20-14)18-9-11(8-16)12-4-2-3-6-17-12/h2-7,9-10,18H,1H3,(H,19,20)/b11-9-,13-10+. The summed E-state index contributed by atoms with van der Waals surface area (Å²) in [4.78, 5) is 15.8. The molecular weight excluding hydrogens is 298 g/mol. The fourth-order valence-corrected chi connectivity index (χ4v) is 1.54. The number of allylic oxidation sites excluding steroid dienone is 1. The number of hydrogen-bond acceptors (Lipinski definition) is 8. The maximum atomic E-state index is 11.7. The summed E-state index contributed by atoms with van der Waals surface area (Å²) in [5.41, 5.74) is 0.831. The van der Waals surface area contributed by atoms with Crippen LogP contribution < -0.4 is 10.6 Å². The van der Waals surface area contributed by atoms with Crippen molar-refractivity contribution in [2.24, 2.45) is 0 Å². The molecule has 0 saturated heterocycles. The highest BCUT2D eigenvalue weighted by molar-refractivity contribution is 5.88. The first-order valence-electron chi connectivity index (χ1n) is 6.48. The molecule has 23 heavy (non-hydrogen) atoms. The molecule has 0 aliphatic carbocycles. The van der Waals surface area contributed by atoms with E-state index in [4.69, 9.17) is 0 Å². The van der Waals surface area contributed by atoms with Crippen LogP contribution in [0.15, 0.2) is 59.3 Å². The first-order chi connectivity index (χ1) is 11.2. The van der Waals surface area contributed by atoms with Crippen molar-refractivity contribution in [3.05, 3.63) is 60.5 Å². The lowest BCUT2D eigenvalue weighted by molar-refractivity contribution is -0.136. The van der Waals surface area contributed by atoms with Crippen LogP contribution in [0.1, 0.15) is 5.69 Å². The Balaban J connectivity index is 2.17. The van der Waals surface area contributed by atoms with E-state index < -0.39 is 5.97 Å². The molecule has 0 bridgehead atoms. The lowest BCUT2D eigenvalue weighted by Crippen LogP contribution is -2.18. The molecule has 2 aromatic heterocycles. The fraction of sp³-hybridized carbons (Fsp3) is 0.0667. The molecule has 2 heterocycles. The molecule has 0 spiro atoms. The summed E-state index contributed by atoms with van der Waals surface area (Å²) < 4.78 is 9.34. The maximum Gasteiger partial charge on any atom is 0.355 e. The van der Waals surface area contributed by atoms with E-state index in [0.29, 0.717) is 11.5 Å². The first kappa shape index (κ1) is 15.8. The van der Waals surface area contributed by atoms with Crippen molar-refractivity contribution in [3.63, 3.8) is 0 Å². The van der Waals surface area contributed by atoms with Crippen LogP contribution in [-0.2, 0) is 9.53 Å². The minimum atomic E-state index is -0.615. The third kappa shape index (κ3) is 4.44. The third-order valence-electron chi connectivity index (χ3n) is 2.64. The number of esters is 1. The number of hydrogen-bond donors (Lipinski definition) is 2. The molecule has 0 aliphatic rings. The normalized spacial score (nSPS) is 11.5. The molecule has 2 rings (SSSR count). The molecule has 0 fully saturated rings. The number of anilines is 1. The smallest absolute Gasteiger partial charge is 0.355 e. The molecule has 116 valence electrons. The number of ether oxygens (including phenoxy) is 1. The highest BCUT2D eigenvalue weighted by Crippen LogP contribution is 2.09. The average Bonchev–Trinajstić information content (AvgIpc) is 3.11. The van der Waals surface area contributed by atoms with Crippen molar-refractivity contribution in [1.29, 1.82) is 5.26 Å². The van der Waals surface area contributed by atoms with Crippen LogP contribution in [-0.4, -0.2) is 23.2 Å². The number of pyridine rings is 1. The van der Waals surface area contributed by atoms with Crippen molar-refractivity contribution < 1.29 is 14.1 Å². The molecule has 0 aromatic carbocycles. The van der Waals surface area contributed by atoms with E-state index in [9.17, 15) is 10.1 Å². The van der Waals surface area contributed by atoms with E-state index >= 15 is 0 Å². The zero-order valence-electron chi connectivity index (χ0n) is 12.2. The quantitative estimate of drug-likeness (QED) is 0.470. The summed E-state index contributed by atoms with van der Waals surface area (Å²) in [7, 11) is 1.25. The van der Waals surface area contributed by atoms with Gasteiger partial charge in [-0.25, -0.2) is 4.79 Å². The second-order valence-corrected chi connectivity index (χ2v) is 4.11. The lowest BCUT2D eigenvalue weighted by Gasteiger charge is -2.06. The Bertz CT molecular complexity index is 745. The van der Waals surface area contributed by atoms with Crippen LogP contribution in [0, 0.1) is 11.3 Å². The molecule has 0 atom stereocenters. The van der Waals surface area contributed by atoms with Gasteiger partial charge < -0.3 is 19.9 Å². The maximum absolute atomic E-state index is 11.7. The van der Waals surface area contributed by atoms with Gasteiger partial charge in [0, 0.05) is 24.7 Å². The van der Waals surface area contributed by atoms with E-state index in [1.165, 1.54) is 25.8 Å². The fourth-order valence-electron chi connectivity index (χ4n) is 1.54. The third-order valence-corrected chi connectivity index (χ3v) is 2.64. The molecule has 0 unspecified atom stereocenters. The highest BCUT2D eigenvalue weighted by Gasteiger charge is 2.09. The monoisotopic (exact) mass is 311 g/mol. The lowest BCUT2D eigenvalue weighted by atomic mass is 10.2. The van der Waals surface area contributed by atoms with Gasteiger partial charge in [-0.05, 0) is 12.1 Å². The SMILES string of the molecule is COC(=O)/C(=C\Nc1ccon1)N/C=C(/C#N)c1ccccn1. The number of methoxy groups -OCH3 is 1. The van der Waals surface area contributed by atoms with Crippen LogP contribution in [0.5, 0.6) is 0 Å². The van der Waals surface area contributed by atoms with Gasteiger partial charge in [0.2, 0.25) is 0 Å². The summed E-state index contributed by atoms with van der Waals surface area (Å²) in [5.74, 6) is -0.196. The average molecular weight is 311 g/mol. The number of nitriles is 1. The molecule has 0 radical (unpaired) electrons. The van der Waals surface area contributed by atoms with Crippen LogP contribution in [0.25, 0.3) is 5.57 Å². The van der Waals surface area contributed by atoms with Crippen molar-refractivity contribution in [2.75, 3.05) is 12.4 Å². The van der Waals surface area contributed by atoms with Gasteiger partial charge in [0.15, 0.2) is 5.82 Å². The van der Waals surface area contributed by atoms with Gasteiger partial charge in [-0.2, -0.15) is 5.26 Å². The molecule has 2 N–H and O–H groups in total. The van der Waals surface area contributed by atoms with E-state index in [-0.39, 0.29) is 11.3 Å². The van der Waals surface area contributed by atoms with Gasteiger partial charge in [-0.3, -0.25) is 4.98 Å². The zero-order chi connectivity index (χ0) is 16.5. The number of rotatable bonds is 6. The predicted octanol–water partition coefficient (Wildman–Crippen LogP) is 1.65. The summed E-state index contributed by atoms with van der Waals surface area (Å²) >= 11 is 0. The van der Waals surface area contributed by atoms with Gasteiger partial charge in [-0.1, -0.05) is 11.2 Å². The van der Waals surface area contributed by atoms with Gasteiger partial charge in [-0.15, -0.1) is 0 Å². The Morgan fingerprint density at radius 1 is 1.39 bits per heavy atom. The Kier molecular flexibility index (Phi) is 5.48. The topological polar surface area (TPSA) is 113 Å². The van der Waals surface area contributed by atoms with Crippen molar-refractivity contribution in [3.8, 4) is 6.07 Å². The largest absolute Gasteiger partial charge is 0.464 e. The summed E-state index contributed by atoms with van der Waals surface area (Å²) in [6, 6.07) is 8.78. The number of nitrogens with zero attached hydrogens (tertiary/aromatic N) is 3. The molecular formula is C15H13N5O3. The molecule has 0 saturated carbocycles. The minimum absolute atomic E-state index is 0.0826.